The Morgan fingerprint density at radius 2 is 1.23 bits per heavy atom. The van der Waals surface area contributed by atoms with Gasteiger partial charge in [0, 0.05) is 13.0 Å². The number of nitrogens with two attached hydrogens (primary N) is 1. The molecule has 0 aromatic rings. The molecule has 0 radical (unpaired) electrons. The summed E-state index contributed by atoms with van der Waals surface area (Å²) in [5.74, 6) is -0.239. The lowest BCUT2D eigenvalue weighted by atomic mass is 10.1. The molecule has 0 saturated heterocycles. The van der Waals surface area contributed by atoms with Crippen molar-refractivity contribution in [2.75, 3.05) is 19.8 Å². The number of amides is 1. The van der Waals surface area contributed by atoms with Crippen molar-refractivity contribution < 1.29 is 28.4 Å². The minimum atomic E-state index is -4.35. The Labute approximate surface area is 292 Å². The van der Waals surface area contributed by atoms with Gasteiger partial charge in [-0.2, -0.15) is 0 Å². The van der Waals surface area contributed by atoms with Crippen LogP contribution < -0.4 is 11.1 Å². The van der Waals surface area contributed by atoms with Crippen LogP contribution in [-0.4, -0.2) is 47.8 Å². The van der Waals surface area contributed by atoms with Crippen LogP contribution in [-0.2, 0) is 18.4 Å². The molecular formula is C39H67N2O6P. The van der Waals surface area contributed by atoms with E-state index in [1.807, 2.05) is 6.08 Å². The van der Waals surface area contributed by atoms with Crippen LogP contribution in [0, 0.1) is 0 Å². The number of unbranched alkanes of at least 4 members (excludes halogenated alkanes) is 8. The van der Waals surface area contributed by atoms with E-state index < -0.39 is 20.0 Å². The average molecular weight is 691 g/mol. The van der Waals surface area contributed by atoms with Crippen LogP contribution >= 0.6 is 7.82 Å². The number of allylic oxidation sites excluding steroid dienone is 13. The molecule has 48 heavy (non-hydrogen) atoms. The van der Waals surface area contributed by atoms with Gasteiger partial charge < -0.3 is 21.1 Å². The second-order valence-corrected chi connectivity index (χ2v) is 13.1. The zero-order chi connectivity index (χ0) is 35.4. The van der Waals surface area contributed by atoms with Crippen molar-refractivity contribution in [3.05, 3.63) is 85.1 Å². The van der Waals surface area contributed by atoms with Crippen molar-refractivity contribution in [2.45, 2.75) is 135 Å². The Hall–Kier alpha value is -2.32. The van der Waals surface area contributed by atoms with Gasteiger partial charge in [-0.25, -0.2) is 4.57 Å². The number of carbonyl (C=O) groups is 1. The molecule has 0 aromatic heterocycles. The minimum Gasteiger partial charge on any atom is -0.387 e. The third-order valence-corrected chi connectivity index (χ3v) is 8.17. The summed E-state index contributed by atoms with van der Waals surface area (Å²) in [5, 5.41) is 13.5. The molecule has 9 heteroatoms. The lowest BCUT2D eigenvalue weighted by Crippen LogP contribution is -2.45. The number of hydrogen-bond donors (Lipinski definition) is 4. The Morgan fingerprint density at radius 1 is 0.708 bits per heavy atom. The quantitative estimate of drug-likeness (QED) is 0.0314. The molecule has 0 aliphatic rings. The van der Waals surface area contributed by atoms with Crippen molar-refractivity contribution in [1.29, 1.82) is 0 Å². The van der Waals surface area contributed by atoms with Crippen molar-refractivity contribution in [2.24, 2.45) is 5.73 Å². The minimum absolute atomic E-state index is 0.0625. The van der Waals surface area contributed by atoms with Gasteiger partial charge in [-0.1, -0.05) is 125 Å². The summed E-state index contributed by atoms with van der Waals surface area (Å²) in [5.41, 5.74) is 5.34. The first-order valence-electron chi connectivity index (χ1n) is 18.2. The molecule has 0 aliphatic carbocycles. The van der Waals surface area contributed by atoms with E-state index in [9.17, 15) is 19.4 Å². The average Bonchev–Trinajstić information content (AvgIpc) is 3.07. The van der Waals surface area contributed by atoms with Crippen LogP contribution in [0.1, 0.15) is 123 Å². The number of aliphatic hydroxyl groups is 1. The molecule has 0 spiro atoms. The van der Waals surface area contributed by atoms with Gasteiger partial charge in [0.25, 0.3) is 0 Å². The first kappa shape index (κ1) is 45.7. The summed E-state index contributed by atoms with van der Waals surface area (Å²) >= 11 is 0. The predicted octanol–water partition coefficient (Wildman–Crippen LogP) is 9.49. The molecule has 0 heterocycles. The second kappa shape index (κ2) is 34.5. The maximum atomic E-state index is 12.7. The molecule has 0 bridgehead atoms. The smallest absolute Gasteiger partial charge is 0.387 e. The van der Waals surface area contributed by atoms with Crippen LogP contribution in [0.2, 0.25) is 0 Å². The van der Waals surface area contributed by atoms with Crippen molar-refractivity contribution >= 4 is 13.7 Å². The van der Waals surface area contributed by atoms with Crippen LogP contribution in [0.4, 0.5) is 0 Å². The van der Waals surface area contributed by atoms with Crippen LogP contribution in [0.15, 0.2) is 85.1 Å². The van der Waals surface area contributed by atoms with Crippen LogP contribution in [0.5, 0.6) is 0 Å². The van der Waals surface area contributed by atoms with E-state index in [1.54, 1.807) is 6.08 Å². The molecule has 274 valence electrons. The highest BCUT2D eigenvalue weighted by atomic mass is 31.2. The van der Waals surface area contributed by atoms with Gasteiger partial charge in [0.1, 0.15) is 0 Å². The predicted molar refractivity (Wildman–Crippen MR) is 203 cm³/mol. The number of carbonyl (C=O) groups excluding carboxylic acids is 1. The van der Waals surface area contributed by atoms with E-state index in [2.05, 4.69) is 92.1 Å². The van der Waals surface area contributed by atoms with Gasteiger partial charge in [-0.3, -0.25) is 13.8 Å². The lowest BCUT2D eigenvalue weighted by Gasteiger charge is -2.23. The highest BCUT2D eigenvalue weighted by molar-refractivity contribution is 7.47. The Morgan fingerprint density at radius 3 is 1.83 bits per heavy atom. The summed E-state index contributed by atoms with van der Waals surface area (Å²) in [4.78, 5) is 22.6. The molecular weight excluding hydrogens is 623 g/mol. The van der Waals surface area contributed by atoms with Crippen LogP contribution in [0.25, 0.3) is 0 Å². The maximum absolute atomic E-state index is 12.7. The summed E-state index contributed by atoms with van der Waals surface area (Å²) < 4.78 is 22.0. The standard InChI is InChI=1S/C39H67N2O6P/c1-3-5-7-9-11-13-15-17-18-19-20-21-23-25-27-29-31-33-39(43)41-37(36-47-48(44,45)46-35-34-40)38(42)32-30-28-26-24-22-16-14-12-10-8-6-4-2/h5,7,10-13,17-18,20-22,24,30,32,37-38,42H,3-4,6,8-9,14-16,19,23,25-29,31,33-36,40H2,1-2H3,(H,41,43)(H,44,45)/b7-5-,12-10+,13-11-,18-17-,21-20-,24-22+,32-30+. The molecule has 3 atom stereocenters. The summed E-state index contributed by atoms with van der Waals surface area (Å²) in [6.07, 6.45) is 44.9. The Kier molecular flexibility index (Phi) is 32.9. The van der Waals surface area contributed by atoms with E-state index in [0.29, 0.717) is 6.42 Å². The topological polar surface area (TPSA) is 131 Å². The molecule has 0 fully saturated rings. The van der Waals surface area contributed by atoms with Gasteiger partial charge >= 0.3 is 7.82 Å². The Bertz CT molecular complexity index is 1020. The molecule has 1 amide bonds. The third kappa shape index (κ3) is 32.2. The maximum Gasteiger partial charge on any atom is 0.472 e. The first-order valence-corrected chi connectivity index (χ1v) is 19.7. The number of aliphatic hydroxyl groups excluding tert-OH is 1. The van der Waals surface area contributed by atoms with Gasteiger partial charge in [-0.15, -0.1) is 0 Å². The molecule has 0 aliphatic heterocycles. The lowest BCUT2D eigenvalue weighted by molar-refractivity contribution is -0.123. The fraction of sp³-hybridized carbons (Fsp3) is 0.615. The second-order valence-electron chi connectivity index (χ2n) is 11.7. The van der Waals surface area contributed by atoms with E-state index in [-0.39, 0.29) is 25.7 Å². The Balaban J connectivity index is 4.46. The normalized spacial score (nSPS) is 15.4. The number of rotatable bonds is 32. The molecule has 0 saturated carbocycles. The van der Waals surface area contributed by atoms with Gasteiger partial charge in [-0.05, 0) is 77.0 Å². The number of phosphoric acid groups is 1. The third-order valence-electron chi connectivity index (χ3n) is 7.18. The van der Waals surface area contributed by atoms with Crippen molar-refractivity contribution in [3.63, 3.8) is 0 Å². The molecule has 8 nitrogen and oxygen atoms in total. The highest BCUT2D eigenvalue weighted by Crippen LogP contribution is 2.43. The highest BCUT2D eigenvalue weighted by Gasteiger charge is 2.26. The number of nitrogens with one attached hydrogen (secondary N) is 1. The van der Waals surface area contributed by atoms with Crippen molar-refractivity contribution in [1.82, 2.24) is 5.32 Å². The van der Waals surface area contributed by atoms with Crippen LogP contribution in [0.3, 0.4) is 0 Å². The van der Waals surface area contributed by atoms with Gasteiger partial charge in [0.15, 0.2) is 0 Å². The molecule has 0 aromatic carbocycles. The van der Waals surface area contributed by atoms with E-state index in [1.165, 1.54) is 12.8 Å². The first-order chi connectivity index (χ1) is 23.4. The zero-order valence-electron chi connectivity index (χ0n) is 29.9. The van der Waals surface area contributed by atoms with E-state index in [0.717, 1.165) is 89.9 Å². The molecule has 3 unspecified atom stereocenters. The fourth-order valence-corrected chi connectivity index (χ4v) is 5.19. The van der Waals surface area contributed by atoms with Gasteiger partial charge in [0.05, 0.1) is 25.4 Å². The molecule has 5 N–H and O–H groups in total. The number of phosphoric ester groups is 1. The SMILES string of the molecule is CC/C=C\C/C=C\C/C=C\C/C=C\CCCCCCC(=O)NC(COP(=O)(O)OCCN)C(O)/C=C/CC/C=C/CC/C=C/CCCC. The number of hydrogen-bond acceptors (Lipinski definition) is 6. The van der Waals surface area contributed by atoms with E-state index >= 15 is 0 Å². The summed E-state index contributed by atoms with van der Waals surface area (Å²) in [6.45, 7) is 3.88. The fourth-order valence-electron chi connectivity index (χ4n) is 4.43. The summed E-state index contributed by atoms with van der Waals surface area (Å²) in [6, 6.07) is -0.899. The zero-order valence-corrected chi connectivity index (χ0v) is 30.8. The summed E-state index contributed by atoms with van der Waals surface area (Å²) in [7, 11) is -4.35. The van der Waals surface area contributed by atoms with Gasteiger partial charge in [0.2, 0.25) is 5.91 Å². The van der Waals surface area contributed by atoms with Crippen molar-refractivity contribution in [3.8, 4) is 0 Å². The largest absolute Gasteiger partial charge is 0.472 e. The monoisotopic (exact) mass is 690 g/mol. The van der Waals surface area contributed by atoms with E-state index in [4.69, 9.17) is 14.8 Å². The molecule has 0 rings (SSSR count).